The summed E-state index contributed by atoms with van der Waals surface area (Å²) >= 11 is 6.25. The molecule has 2 heterocycles. The number of nitrogens with zero attached hydrogens (tertiary/aromatic N) is 3. The molecule has 2 N–H and O–H groups in total. The molecular weight excluding hydrogens is 266 g/mol. The van der Waals surface area contributed by atoms with Crippen LogP contribution in [0.15, 0.2) is 0 Å². The number of aryl methyl sites for hydroxylation is 2. The van der Waals surface area contributed by atoms with Crippen LogP contribution >= 0.6 is 11.6 Å². The van der Waals surface area contributed by atoms with Crippen LogP contribution in [0, 0.1) is 6.92 Å². The molecule has 106 valence electrons. The zero-order valence-electron chi connectivity index (χ0n) is 11.5. The van der Waals surface area contributed by atoms with Gasteiger partial charge in [-0.1, -0.05) is 11.6 Å². The number of halogens is 1. The minimum absolute atomic E-state index is 0.0323. The third-order valence-corrected chi connectivity index (χ3v) is 4.01. The van der Waals surface area contributed by atoms with Gasteiger partial charge in [-0.3, -0.25) is 14.4 Å². The first-order valence-corrected chi connectivity index (χ1v) is 6.76. The molecule has 1 aromatic rings. The molecule has 1 amide bonds. The van der Waals surface area contributed by atoms with Gasteiger partial charge in [-0.25, -0.2) is 0 Å². The lowest BCUT2D eigenvalue weighted by Gasteiger charge is -2.34. The van der Waals surface area contributed by atoms with E-state index < -0.39 is 0 Å². The van der Waals surface area contributed by atoms with E-state index >= 15 is 0 Å². The third kappa shape index (κ3) is 2.91. The fourth-order valence-corrected chi connectivity index (χ4v) is 2.65. The Morgan fingerprint density at radius 3 is 2.95 bits per heavy atom. The predicted molar refractivity (Wildman–Crippen MR) is 74.1 cm³/mol. The molecule has 1 saturated heterocycles. The molecule has 0 aromatic carbocycles. The van der Waals surface area contributed by atoms with Crippen molar-refractivity contribution in [2.45, 2.75) is 19.5 Å². The van der Waals surface area contributed by atoms with Gasteiger partial charge in [0.15, 0.2) is 0 Å². The maximum Gasteiger partial charge on any atom is 0.238 e. The maximum atomic E-state index is 11.9. The van der Waals surface area contributed by atoms with Crippen molar-refractivity contribution in [3.8, 4) is 0 Å². The van der Waals surface area contributed by atoms with Crippen LogP contribution in [0.2, 0.25) is 5.15 Å². The molecule has 2 rings (SSSR count). The first-order valence-electron chi connectivity index (χ1n) is 6.39. The summed E-state index contributed by atoms with van der Waals surface area (Å²) in [7, 11) is 3.49. The Kier molecular flexibility index (Phi) is 4.44. The molecule has 6 nitrogen and oxygen atoms in total. The van der Waals surface area contributed by atoms with Crippen LogP contribution in [0.25, 0.3) is 0 Å². The molecule has 1 atom stereocenters. The number of hydrogen-bond donors (Lipinski definition) is 2. The van der Waals surface area contributed by atoms with Gasteiger partial charge in [0.05, 0.1) is 5.69 Å². The van der Waals surface area contributed by atoms with E-state index in [2.05, 4.69) is 20.6 Å². The SMILES string of the molecule is CNC(=O)C1CNCCN1Cc1c(C)nn(C)c1Cl. The van der Waals surface area contributed by atoms with Crippen molar-refractivity contribution >= 4 is 17.5 Å². The topological polar surface area (TPSA) is 62.2 Å². The quantitative estimate of drug-likeness (QED) is 0.814. The molecule has 0 bridgehead atoms. The fraction of sp³-hybridized carbons (Fsp3) is 0.667. The first kappa shape index (κ1) is 14.3. The number of aromatic nitrogens is 2. The summed E-state index contributed by atoms with van der Waals surface area (Å²) in [5.41, 5.74) is 1.92. The van der Waals surface area contributed by atoms with Crippen LogP contribution in [-0.2, 0) is 18.4 Å². The second-order valence-electron chi connectivity index (χ2n) is 4.78. The Balaban J connectivity index is 2.17. The Morgan fingerprint density at radius 2 is 2.37 bits per heavy atom. The van der Waals surface area contributed by atoms with E-state index in [9.17, 15) is 4.79 Å². The molecule has 0 aliphatic carbocycles. The lowest BCUT2D eigenvalue weighted by atomic mass is 10.1. The van der Waals surface area contributed by atoms with E-state index in [1.807, 2.05) is 14.0 Å². The molecule has 1 aliphatic rings. The van der Waals surface area contributed by atoms with Gasteiger partial charge in [0.1, 0.15) is 11.2 Å². The highest BCUT2D eigenvalue weighted by molar-refractivity contribution is 6.30. The van der Waals surface area contributed by atoms with Crippen LogP contribution in [-0.4, -0.2) is 53.3 Å². The van der Waals surface area contributed by atoms with Crippen LogP contribution in [0.3, 0.4) is 0 Å². The van der Waals surface area contributed by atoms with Gasteiger partial charge < -0.3 is 10.6 Å². The standard InChI is InChI=1S/C12H20ClN5O/c1-8-9(11(13)17(3)16-8)7-18-5-4-15-6-10(18)12(19)14-2/h10,15H,4-7H2,1-3H3,(H,14,19). The summed E-state index contributed by atoms with van der Waals surface area (Å²) in [6.45, 7) is 4.96. The second-order valence-corrected chi connectivity index (χ2v) is 5.14. The van der Waals surface area contributed by atoms with Crippen molar-refractivity contribution in [1.29, 1.82) is 0 Å². The Labute approximate surface area is 118 Å². The average Bonchev–Trinajstić information content (AvgIpc) is 2.65. The van der Waals surface area contributed by atoms with Gasteiger partial charge in [-0.2, -0.15) is 5.10 Å². The number of rotatable bonds is 3. The molecule has 0 saturated carbocycles. The van der Waals surface area contributed by atoms with E-state index in [-0.39, 0.29) is 11.9 Å². The van der Waals surface area contributed by atoms with Crippen LogP contribution in [0.1, 0.15) is 11.3 Å². The van der Waals surface area contributed by atoms with E-state index in [1.165, 1.54) is 0 Å². The maximum absolute atomic E-state index is 11.9. The highest BCUT2D eigenvalue weighted by atomic mass is 35.5. The van der Waals surface area contributed by atoms with Gasteiger partial charge in [0.25, 0.3) is 0 Å². The molecule has 19 heavy (non-hydrogen) atoms. The Bertz CT molecular complexity index is 473. The fourth-order valence-electron chi connectivity index (χ4n) is 2.42. The van der Waals surface area contributed by atoms with Gasteiger partial charge in [-0.15, -0.1) is 0 Å². The monoisotopic (exact) mass is 285 g/mol. The minimum Gasteiger partial charge on any atom is -0.358 e. The molecule has 0 spiro atoms. The Morgan fingerprint density at radius 1 is 1.63 bits per heavy atom. The van der Waals surface area contributed by atoms with E-state index in [1.54, 1.807) is 11.7 Å². The van der Waals surface area contributed by atoms with Gasteiger partial charge in [0.2, 0.25) is 5.91 Å². The largest absolute Gasteiger partial charge is 0.358 e. The molecule has 7 heteroatoms. The number of carbonyl (C=O) groups is 1. The molecule has 1 aliphatic heterocycles. The number of likely N-dealkylation sites (N-methyl/N-ethyl adjacent to an activating group) is 1. The molecule has 0 radical (unpaired) electrons. The lowest BCUT2D eigenvalue weighted by molar-refractivity contribution is -0.126. The molecule has 1 aromatic heterocycles. The molecular formula is C12H20ClN5O. The normalized spacial score (nSPS) is 20.5. The van der Waals surface area contributed by atoms with E-state index in [0.717, 1.165) is 24.3 Å². The van der Waals surface area contributed by atoms with Crippen molar-refractivity contribution in [1.82, 2.24) is 25.3 Å². The summed E-state index contributed by atoms with van der Waals surface area (Å²) in [4.78, 5) is 14.0. The predicted octanol–water partition coefficient (Wildman–Crippen LogP) is -0.0983. The van der Waals surface area contributed by atoms with E-state index in [4.69, 9.17) is 11.6 Å². The summed E-state index contributed by atoms with van der Waals surface area (Å²) < 4.78 is 1.67. The Hall–Kier alpha value is -1.11. The summed E-state index contributed by atoms with van der Waals surface area (Å²) in [5.74, 6) is 0.0323. The molecule has 1 fully saturated rings. The van der Waals surface area contributed by atoms with Gasteiger partial charge >= 0.3 is 0 Å². The smallest absolute Gasteiger partial charge is 0.238 e. The van der Waals surface area contributed by atoms with Crippen molar-refractivity contribution in [2.75, 3.05) is 26.7 Å². The number of carbonyl (C=O) groups excluding carboxylic acids is 1. The second kappa shape index (κ2) is 5.90. The zero-order chi connectivity index (χ0) is 14.0. The average molecular weight is 286 g/mol. The zero-order valence-corrected chi connectivity index (χ0v) is 12.3. The van der Waals surface area contributed by atoms with Crippen molar-refractivity contribution in [2.24, 2.45) is 7.05 Å². The number of amides is 1. The minimum atomic E-state index is -0.158. The summed E-state index contributed by atoms with van der Waals surface area (Å²) in [5, 5.41) is 10.9. The van der Waals surface area contributed by atoms with E-state index in [0.29, 0.717) is 18.2 Å². The molecule has 1 unspecified atom stereocenters. The van der Waals surface area contributed by atoms with Crippen molar-refractivity contribution < 1.29 is 4.79 Å². The van der Waals surface area contributed by atoms with Crippen molar-refractivity contribution in [3.05, 3.63) is 16.4 Å². The van der Waals surface area contributed by atoms with Crippen molar-refractivity contribution in [3.63, 3.8) is 0 Å². The van der Waals surface area contributed by atoms with Gasteiger partial charge in [0, 0.05) is 45.8 Å². The number of hydrogen-bond acceptors (Lipinski definition) is 4. The third-order valence-electron chi connectivity index (χ3n) is 3.53. The summed E-state index contributed by atoms with van der Waals surface area (Å²) in [6, 6.07) is -0.158. The highest BCUT2D eigenvalue weighted by Gasteiger charge is 2.29. The van der Waals surface area contributed by atoms with Crippen LogP contribution in [0.5, 0.6) is 0 Å². The summed E-state index contributed by atoms with van der Waals surface area (Å²) in [6.07, 6.45) is 0. The van der Waals surface area contributed by atoms with Crippen LogP contribution < -0.4 is 10.6 Å². The first-order chi connectivity index (χ1) is 9.04. The highest BCUT2D eigenvalue weighted by Crippen LogP contribution is 2.21. The number of piperazine rings is 1. The van der Waals surface area contributed by atoms with Crippen LogP contribution in [0.4, 0.5) is 0 Å². The lowest BCUT2D eigenvalue weighted by Crippen LogP contribution is -2.56. The number of nitrogens with one attached hydrogen (secondary N) is 2. The van der Waals surface area contributed by atoms with Gasteiger partial charge in [-0.05, 0) is 6.92 Å².